The zero-order valence-corrected chi connectivity index (χ0v) is 16.2. The Morgan fingerprint density at radius 2 is 1.96 bits per heavy atom. The molecule has 144 valence electrons. The molecule has 2 N–H and O–H groups in total. The lowest BCUT2D eigenvalue weighted by Gasteiger charge is -2.10. The number of hydrogen-bond acceptors (Lipinski definition) is 6. The Bertz CT molecular complexity index is 973. The first kappa shape index (κ1) is 19.4. The molecule has 0 radical (unpaired) electrons. The van der Waals surface area contributed by atoms with Crippen LogP contribution in [0.3, 0.4) is 0 Å². The summed E-state index contributed by atoms with van der Waals surface area (Å²) in [5.74, 6) is -0.706. The highest BCUT2D eigenvalue weighted by atomic mass is 16.4. The van der Waals surface area contributed by atoms with Crippen LogP contribution >= 0.6 is 0 Å². The van der Waals surface area contributed by atoms with Crippen molar-refractivity contribution in [1.82, 2.24) is 20.2 Å². The third-order valence-corrected chi connectivity index (χ3v) is 4.44. The van der Waals surface area contributed by atoms with Crippen LogP contribution in [0.2, 0.25) is 0 Å². The summed E-state index contributed by atoms with van der Waals surface area (Å²) in [7, 11) is 0. The quantitative estimate of drug-likeness (QED) is 0.643. The Morgan fingerprint density at radius 1 is 1.14 bits per heavy atom. The molecular weight excluding hydrogens is 354 g/mol. The monoisotopic (exact) mass is 377 g/mol. The van der Waals surface area contributed by atoms with Crippen LogP contribution in [-0.4, -0.2) is 31.2 Å². The van der Waals surface area contributed by atoms with E-state index in [1.54, 1.807) is 6.20 Å². The van der Waals surface area contributed by atoms with Gasteiger partial charge in [0.05, 0.1) is 17.3 Å². The van der Waals surface area contributed by atoms with Gasteiger partial charge in [0.2, 0.25) is 5.95 Å². The molecule has 7 heteroatoms. The number of carboxylic acid groups (broad SMARTS) is 1. The van der Waals surface area contributed by atoms with Crippen molar-refractivity contribution in [2.24, 2.45) is 5.92 Å². The second kappa shape index (κ2) is 8.56. The molecule has 0 fully saturated rings. The van der Waals surface area contributed by atoms with Crippen LogP contribution < -0.4 is 5.32 Å². The van der Waals surface area contributed by atoms with Gasteiger partial charge in [-0.05, 0) is 62.2 Å². The van der Waals surface area contributed by atoms with Crippen LogP contribution in [0.5, 0.6) is 0 Å². The lowest BCUT2D eigenvalue weighted by Crippen LogP contribution is -2.16. The van der Waals surface area contributed by atoms with Gasteiger partial charge in [0, 0.05) is 29.6 Å². The summed E-state index contributed by atoms with van der Waals surface area (Å²) in [4.78, 5) is 19.8. The summed E-state index contributed by atoms with van der Waals surface area (Å²) in [5, 5.41) is 20.9. The fraction of sp³-hybridized carbons (Fsp3) is 0.286. The van der Waals surface area contributed by atoms with Crippen molar-refractivity contribution in [3.8, 4) is 11.3 Å². The summed E-state index contributed by atoms with van der Waals surface area (Å²) < 4.78 is 0. The number of carbonyl (C=O) groups is 1. The van der Waals surface area contributed by atoms with E-state index in [1.165, 1.54) is 0 Å². The van der Waals surface area contributed by atoms with E-state index in [2.05, 4.69) is 25.5 Å². The molecule has 0 aliphatic rings. The van der Waals surface area contributed by atoms with Crippen LogP contribution in [0.1, 0.15) is 30.3 Å². The van der Waals surface area contributed by atoms with E-state index in [0.717, 1.165) is 28.2 Å². The summed E-state index contributed by atoms with van der Waals surface area (Å²) in [6, 6.07) is 11.6. The molecule has 0 saturated heterocycles. The van der Waals surface area contributed by atoms with Crippen LogP contribution in [0.25, 0.3) is 11.3 Å². The number of aryl methyl sites for hydroxylation is 2. The van der Waals surface area contributed by atoms with Crippen molar-refractivity contribution < 1.29 is 9.90 Å². The summed E-state index contributed by atoms with van der Waals surface area (Å²) in [5.41, 5.74) is 5.14. The van der Waals surface area contributed by atoms with Crippen LogP contribution in [0, 0.1) is 19.8 Å². The van der Waals surface area contributed by atoms with Gasteiger partial charge in [0.25, 0.3) is 0 Å². The first-order valence-electron chi connectivity index (χ1n) is 9.18. The molecule has 28 heavy (non-hydrogen) atoms. The minimum absolute atomic E-state index is 0.379. The molecule has 1 aromatic carbocycles. The fourth-order valence-corrected chi connectivity index (χ4v) is 2.92. The summed E-state index contributed by atoms with van der Waals surface area (Å²) >= 11 is 0. The molecule has 2 aromatic heterocycles. The maximum Gasteiger partial charge on any atom is 0.306 e. The second-order valence-corrected chi connectivity index (χ2v) is 6.79. The van der Waals surface area contributed by atoms with Gasteiger partial charge in [-0.1, -0.05) is 6.92 Å². The zero-order valence-electron chi connectivity index (χ0n) is 16.2. The molecule has 0 aliphatic heterocycles. The molecule has 0 spiro atoms. The van der Waals surface area contributed by atoms with E-state index in [-0.39, 0.29) is 0 Å². The molecule has 3 aromatic rings. The molecule has 2 heterocycles. The zero-order chi connectivity index (χ0) is 20.1. The van der Waals surface area contributed by atoms with Crippen LogP contribution in [0.4, 0.5) is 11.6 Å². The summed E-state index contributed by atoms with van der Waals surface area (Å²) in [6.45, 7) is 5.78. The number of nitrogens with one attached hydrogen (secondary N) is 1. The highest BCUT2D eigenvalue weighted by molar-refractivity contribution is 5.70. The van der Waals surface area contributed by atoms with Crippen LogP contribution in [-0.2, 0) is 11.2 Å². The number of hydrogen-bond donors (Lipinski definition) is 2. The van der Waals surface area contributed by atoms with Crippen molar-refractivity contribution >= 4 is 17.6 Å². The van der Waals surface area contributed by atoms with E-state index >= 15 is 0 Å². The number of rotatable bonds is 7. The molecule has 7 nitrogen and oxygen atoms in total. The lowest BCUT2D eigenvalue weighted by atomic mass is 10.00. The van der Waals surface area contributed by atoms with Gasteiger partial charge in [-0.3, -0.25) is 4.79 Å². The van der Waals surface area contributed by atoms with Gasteiger partial charge in [-0.15, -0.1) is 0 Å². The third-order valence-electron chi connectivity index (χ3n) is 4.44. The largest absolute Gasteiger partial charge is 0.481 e. The van der Waals surface area contributed by atoms with E-state index in [0.29, 0.717) is 24.5 Å². The molecule has 1 unspecified atom stereocenters. The summed E-state index contributed by atoms with van der Waals surface area (Å²) in [6.07, 6.45) is 2.66. The first-order chi connectivity index (χ1) is 13.4. The Labute approximate surface area is 163 Å². The number of aliphatic carboxylic acids is 1. The molecule has 0 aliphatic carbocycles. The molecule has 0 amide bonds. The van der Waals surface area contributed by atoms with E-state index in [9.17, 15) is 9.90 Å². The highest BCUT2D eigenvalue weighted by Crippen LogP contribution is 2.25. The van der Waals surface area contributed by atoms with Gasteiger partial charge in [0.1, 0.15) is 0 Å². The lowest BCUT2D eigenvalue weighted by molar-refractivity contribution is -0.141. The maximum absolute atomic E-state index is 11.2. The van der Waals surface area contributed by atoms with Crippen molar-refractivity contribution in [2.75, 3.05) is 5.32 Å². The van der Waals surface area contributed by atoms with Gasteiger partial charge >= 0.3 is 5.97 Å². The number of carboxylic acids is 1. The Kier molecular flexibility index (Phi) is 5.93. The van der Waals surface area contributed by atoms with Gasteiger partial charge < -0.3 is 10.4 Å². The van der Waals surface area contributed by atoms with Crippen molar-refractivity contribution in [3.05, 3.63) is 59.5 Å². The standard InChI is InChI=1S/C21H23N5O2/c1-4-15(20(27)28)11-17-5-6-19(26-25-17)16-9-13(2)10-18(12-16)24-21-22-8-7-14(3)23-21/h5-10,12,15H,4,11H2,1-3H3,(H,27,28)(H,22,23,24). The van der Waals surface area contributed by atoms with Gasteiger partial charge in [-0.2, -0.15) is 10.2 Å². The van der Waals surface area contributed by atoms with Crippen molar-refractivity contribution in [2.45, 2.75) is 33.6 Å². The minimum atomic E-state index is -0.804. The molecule has 3 rings (SSSR count). The smallest absolute Gasteiger partial charge is 0.306 e. The predicted molar refractivity (Wildman–Crippen MR) is 107 cm³/mol. The van der Waals surface area contributed by atoms with Crippen LogP contribution in [0.15, 0.2) is 42.6 Å². The van der Waals surface area contributed by atoms with E-state index in [1.807, 2.05) is 57.2 Å². The number of anilines is 2. The Hall–Kier alpha value is -3.35. The number of aromatic nitrogens is 4. The topological polar surface area (TPSA) is 101 Å². The maximum atomic E-state index is 11.2. The average molecular weight is 377 g/mol. The van der Waals surface area contributed by atoms with Crippen molar-refractivity contribution in [1.29, 1.82) is 0 Å². The third kappa shape index (κ3) is 4.88. The van der Waals surface area contributed by atoms with E-state index in [4.69, 9.17) is 0 Å². The highest BCUT2D eigenvalue weighted by Gasteiger charge is 2.16. The van der Waals surface area contributed by atoms with Gasteiger partial charge in [-0.25, -0.2) is 9.97 Å². The molecule has 0 bridgehead atoms. The minimum Gasteiger partial charge on any atom is -0.481 e. The fourth-order valence-electron chi connectivity index (χ4n) is 2.92. The second-order valence-electron chi connectivity index (χ2n) is 6.79. The Balaban J connectivity index is 1.81. The molecular formula is C21H23N5O2. The Morgan fingerprint density at radius 3 is 2.61 bits per heavy atom. The normalized spacial score (nSPS) is 11.8. The molecule has 1 atom stereocenters. The van der Waals surface area contributed by atoms with Gasteiger partial charge in [0.15, 0.2) is 0 Å². The van der Waals surface area contributed by atoms with E-state index < -0.39 is 11.9 Å². The predicted octanol–water partition coefficient (Wildman–Crippen LogP) is 3.95. The first-order valence-corrected chi connectivity index (χ1v) is 9.18. The average Bonchev–Trinajstić information content (AvgIpc) is 2.66. The SMILES string of the molecule is CCC(Cc1ccc(-c2cc(C)cc(Nc3nccc(C)n3)c2)nn1)C(=O)O. The number of benzene rings is 1. The number of nitrogens with zero attached hydrogens (tertiary/aromatic N) is 4. The van der Waals surface area contributed by atoms with Crippen molar-refractivity contribution in [3.63, 3.8) is 0 Å². The molecule has 0 saturated carbocycles.